The van der Waals surface area contributed by atoms with Crippen LogP contribution in [0.1, 0.15) is 16.4 Å². The number of benzene rings is 2. The molecule has 1 heterocycles. The Hall–Kier alpha value is -2.00. The lowest BCUT2D eigenvalue weighted by molar-refractivity contribution is -0.104. The molecule has 2 nitrogen and oxygen atoms in total. The zero-order chi connectivity index (χ0) is 13.9. The third-order valence-corrected chi connectivity index (χ3v) is 4.75. The standard InChI is InChI=1S/C17H14O2S/c1-19-15-8-6-12(7-9-15)17-14(11-18)10-13-4-2-3-5-16(13)20-17/h2-11,17H,1H3/t17-/m1/s1. The van der Waals surface area contributed by atoms with Gasteiger partial charge in [-0.25, -0.2) is 0 Å². The van der Waals surface area contributed by atoms with Crippen molar-refractivity contribution in [2.45, 2.75) is 10.1 Å². The first-order valence-corrected chi connectivity index (χ1v) is 7.26. The summed E-state index contributed by atoms with van der Waals surface area (Å²) in [5.41, 5.74) is 3.03. The number of rotatable bonds is 3. The molecule has 0 spiro atoms. The second-order valence-corrected chi connectivity index (χ2v) is 5.72. The van der Waals surface area contributed by atoms with Gasteiger partial charge in [-0.1, -0.05) is 30.3 Å². The minimum absolute atomic E-state index is 0.0494. The van der Waals surface area contributed by atoms with Crippen molar-refractivity contribution in [3.05, 3.63) is 65.2 Å². The monoisotopic (exact) mass is 282 g/mol. The molecular weight excluding hydrogens is 268 g/mol. The summed E-state index contributed by atoms with van der Waals surface area (Å²) >= 11 is 1.72. The molecule has 2 aromatic rings. The van der Waals surface area contributed by atoms with Crippen molar-refractivity contribution in [1.82, 2.24) is 0 Å². The molecule has 1 aliphatic rings. The quantitative estimate of drug-likeness (QED) is 0.792. The molecule has 0 bridgehead atoms. The maximum atomic E-state index is 11.4. The Balaban J connectivity index is 1.99. The van der Waals surface area contributed by atoms with Crippen molar-refractivity contribution in [2.75, 3.05) is 7.11 Å². The van der Waals surface area contributed by atoms with Crippen LogP contribution in [0.3, 0.4) is 0 Å². The van der Waals surface area contributed by atoms with Gasteiger partial charge in [0, 0.05) is 10.5 Å². The van der Waals surface area contributed by atoms with E-state index in [1.165, 1.54) is 4.90 Å². The summed E-state index contributed by atoms with van der Waals surface area (Å²) in [5.74, 6) is 0.826. The van der Waals surface area contributed by atoms with Crippen LogP contribution < -0.4 is 4.74 Å². The van der Waals surface area contributed by atoms with Gasteiger partial charge in [-0.15, -0.1) is 11.8 Å². The highest BCUT2D eigenvalue weighted by molar-refractivity contribution is 8.00. The minimum atomic E-state index is 0.0494. The highest BCUT2D eigenvalue weighted by atomic mass is 32.2. The molecule has 2 aromatic carbocycles. The summed E-state index contributed by atoms with van der Waals surface area (Å²) in [7, 11) is 1.65. The maximum absolute atomic E-state index is 11.4. The van der Waals surface area contributed by atoms with Crippen molar-refractivity contribution in [1.29, 1.82) is 0 Å². The Kier molecular flexibility index (Phi) is 3.61. The summed E-state index contributed by atoms with van der Waals surface area (Å²) in [6, 6.07) is 16.0. The maximum Gasteiger partial charge on any atom is 0.147 e. The highest BCUT2D eigenvalue weighted by Gasteiger charge is 2.23. The lowest BCUT2D eigenvalue weighted by Gasteiger charge is -2.23. The van der Waals surface area contributed by atoms with Crippen LogP contribution in [0.5, 0.6) is 5.75 Å². The Morgan fingerprint density at radius 3 is 2.55 bits per heavy atom. The van der Waals surface area contributed by atoms with E-state index >= 15 is 0 Å². The van der Waals surface area contributed by atoms with Gasteiger partial charge in [-0.2, -0.15) is 0 Å². The van der Waals surface area contributed by atoms with Gasteiger partial charge in [0.2, 0.25) is 0 Å². The van der Waals surface area contributed by atoms with Crippen molar-refractivity contribution in [2.24, 2.45) is 0 Å². The van der Waals surface area contributed by atoms with E-state index < -0.39 is 0 Å². The van der Waals surface area contributed by atoms with Crippen LogP contribution >= 0.6 is 11.8 Å². The zero-order valence-corrected chi connectivity index (χ0v) is 11.9. The number of fused-ring (bicyclic) bond motifs is 1. The Bertz CT molecular complexity index is 659. The third-order valence-electron chi connectivity index (χ3n) is 3.34. The first-order chi connectivity index (χ1) is 9.81. The number of carbonyl (C=O) groups is 1. The number of methoxy groups -OCH3 is 1. The number of carbonyl (C=O) groups excluding carboxylic acids is 1. The highest BCUT2D eigenvalue weighted by Crippen LogP contribution is 2.46. The predicted octanol–water partition coefficient (Wildman–Crippen LogP) is 4.12. The number of aldehydes is 1. The van der Waals surface area contributed by atoms with Gasteiger partial charge in [0.1, 0.15) is 12.0 Å². The van der Waals surface area contributed by atoms with Crippen LogP contribution in [0.25, 0.3) is 6.08 Å². The zero-order valence-electron chi connectivity index (χ0n) is 11.1. The smallest absolute Gasteiger partial charge is 0.147 e. The van der Waals surface area contributed by atoms with Gasteiger partial charge < -0.3 is 4.74 Å². The van der Waals surface area contributed by atoms with Gasteiger partial charge >= 0.3 is 0 Å². The van der Waals surface area contributed by atoms with E-state index in [9.17, 15) is 4.79 Å². The van der Waals surface area contributed by atoms with Crippen LogP contribution in [0.2, 0.25) is 0 Å². The average molecular weight is 282 g/mol. The SMILES string of the molecule is COc1ccc([C@H]2Sc3ccccc3C=C2C=O)cc1. The Labute approximate surface area is 122 Å². The molecule has 3 heteroatoms. The van der Waals surface area contributed by atoms with E-state index in [0.717, 1.165) is 28.7 Å². The fourth-order valence-electron chi connectivity index (χ4n) is 2.29. The minimum Gasteiger partial charge on any atom is -0.497 e. The van der Waals surface area contributed by atoms with E-state index in [2.05, 4.69) is 6.07 Å². The summed E-state index contributed by atoms with van der Waals surface area (Å²) in [6.45, 7) is 0. The number of ether oxygens (including phenoxy) is 1. The lowest BCUT2D eigenvalue weighted by atomic mass is 10.0. The summed E-state index contributed by atoms with van der Waals surface area (Å²) < 4.78 is 5.17. The van der Waals surface area contributed by atoms with Crippen molar-refractivity contribution in [3.8, 4) is 5.75 Å². The van der Waals surface area contributed by atoms with Gasteiger partial charge in [0.05, 0.1) is 12.4 Å². The molecule has 0 aromatic heterocycles. The summed E-state index contributed by atoms with van der Waals surface area (Å²) in [6.07, 6.45) is 2.94. The van der Waals surface area contributed by atoms with Gasteiger partial charge in [0.15, 0.2) is 0 Å². The van der Waals surface area contributed by atoms with E-state index in [4.69, 9.17) is 4.74 Å². The second kappa shape index (κ2) is 5.55. The molecule has 0 amide bonds. The first-order valence-electron chi connectivity index (χ1n) is 6.38. The molecule has 0 fully saturated rings. The molecule has 0 radical (unpaired) electrons. The fourth-order valence-corrected chi connectivity index (χ4v) is 3.52. The Morgan fingerprint density at radius 1 is 1.10 bits per heavy atom. The van der Waals surface area contributed by atoms with E-state index in [0.29, 0.717) is 0 Å². The topological polar surface area (TPSA) is 26.3 Å². The number of hydrogen-bond donors (Lipinski definition) is 0. The molecular formula is C17H14O2S. The molecule has 0 aliphatic carbocycles. The van der Waals surface area contributed by atoms with Gasteiger partial charge in [-0.3, -0.25) is 4.79 Å². The third kappa shape index (κ3) is 2.37. The molecule has 100 valence electrons. The van der Waals surface area contributed by atoms with E-state index in [1.54, 1.807) is 18.9 Å². The van der Waals surface area contributed by atoms with Gasteiger partial charge in [0.25, 0.3) is 0 Å². The number of thioether (sulfide) groups is 1. The van der Waals surface area contributed by atoms with Crippen LogP contribution in [-0.2, 0) is 4.79 Å². The van der Waals surface area contributed by atoms with E-state index in [1.807, 2.05) is 48.5 Å². The average Bonchev–Trinajstić information content (AvgIpc) is 2.53. The molecule has 0 N–H and O–H groups in total. The first kappa shape index (κ1) is 13.0. The van der Waals surface area contributed by atoms with Crippen LogP contribution in [0.15, 0.2) is 59.0 Å². The predicted molar refractivity (Wildman–Crippen MR) is 82.1 cm³/mol. The molecule has 0 saturated carbocycles. The van der Waals surface area contributed by atoms with Crippen molar-refractivity contribution < 1.29 is 9.53 Å². The number of hydrogen-bond acceptors (Lipinski definition) is 3. The second-order valence-electron chi connectivity index (χ2n) is 4.57. The summed E-state index contributed by atoms with van der Waals surface area (Å²) in [4.78, 5) is 12.6. The molecule has 1 atom stereocenters. The molecule has 20 heavy (non-hydrogen) atoms. The van der Waals surface area contributed by atoms with Crippen molar-refractivity contribution >= 4 is 24.1 Å². The normalized spacial score (nSPS) is 17.1. The largest absolute Gasteiger partial charge is 0.497 e. The molecule has 0 saturated heterocycles. The molecule has 0 unspecified atom stereocenters. The van der Waals surface area contributed by atoms with Gasteiger partial charge in [-0.05, 0) is 35.4 Å². The van der Waals surface area contributed by atoms with E-state index in [-0.39, 0.29) is 5.25 Å². The van der Waals surface area contributed by atoms with Crippen LogP contribution in [0, 0.1) is 0 Å². The Morgan fingerprint density at radius 2 is 1.85 bits per heavy atom. The van der Waals surface area contributed by atoms with Crippen LogP contribution in [0.4, 0.5) is 0 Å². The molecule has 1 aliphatic heterocycles. The van der Waals surface area contributed by atoms with Crippen LogP contribution in [-0.4, -0.2) is 13.4 Å². The lowest BCUT2D eigenvalue weighted by Crippen LogP contribution is -2.04. The van der Waals surface area contributed by atoms with Crippen molar-refractivity contribution in [3.63, 3.8) is 0 Å². The fraction of sp³-hybridized carbons (Fsp3) is 0.118. The summed E-state index contributed by atoms with van der Waals surface area (Å²) in [5, 5.41) is 0.0494. The molecule has 3 rings (SSSR count).